The van der Waals surface area contributed by atoms with Gasteiger partial charge in [0.05, 0.1) is 18.8 Å². The summed E-state index contributed by atoms with van der Waals surface area (Å²) in [7, 11) is 3.84. The second-order valence-corrected chi connectivity index (χ2v) is 3.82. The molecule has 1 saturated heterocycles. The average Bonchev–Trinajstić information content (AvgIpc) is 2.10. The van der Waals surface area contributed by atoms with Gasteiger partial charge >= 0.3 is 0 Å². The predicted molar refractivity (Wildman–Crippen MR) is 53.1 cm³/mol. The van der Waals surface area contributed by atoms with Gasteiger partial charge in [0, 0.05) is 16.6 Å². The lowest BCUT2D eigenvalue weighted by atomic mass is 9.93. The monoisotopic (exact) mass is 207 g/mol. The lowest BCUT2D eigenvalue weighted by Gasteiger charge is -2.37. The topological polar surface area (TPSA) is 53.7 Å². The van der Waals surface area contributed by atoms with Crippen LogP contribution in [0.1, 0.15) is 13.3 Å². The van der Waals surface area contributed by atoms with Crippen LogP contribution in [-0.4, -0.2) is 32.2 Å². The van der Waals surface area contributed by atoms with E-state index >= 15 is 0 Å². The molecule has 1 fully saturated rings. The predicted octanol–water partition coefficient (Wildman–Crippen LogP) is 0.518. The van der Waals surface area contributed by atoms with E-state index in [1.807, 2.05) is 0 Å². The third kappa shape index (κ3) is 2.86. The summed E-state index contributed by atoms with van der Waals surface area (Å²) in [5.74, 6) is 0.418. The highest BCUT2D eigenvalue weighted by Gasteiger charge is 2.33. The summed E-state index contributed by atoms with van der Waals surface area (Å²) in [6.45, 7) is 2.68. The molecule has 78 valence electrons. The van der Waals surface area contributed by atoms with Gasteiger partial charge in [-0.1, -0.05) is 6.92 Å². The second-order valence-electron chi connectivity index (χ2n) is 3.49. The van der Waals surface area contributed by atoms with Crippen LogP contribution < -0.4 is 5.73 Å². The van der Waals surface area contributed by atoms with Crippen LogP contribution in [-0.2, 0) is 14.0 Å². The maximum atomic E-state index is 5.84. The number of methoxy groups -OCH3 is 1. The van der Waals surface area contributed by atoms with Crippen LogP contribution in [0.5, 0.6) is 0 Å². The Hall–Kier alpha value is 0.270. The fraction of sp³-hybridized carbons (Fsp3) is 1.00. The first-order chi connectivity index (χ1) is 6.19. The molecule has 2 N–H and O–H groups in total. The smallest absolute Gasteiger partial charge is 0.172 e. The van der Waals surface area contributed by atoms with Crippen LogP contribution in [0.2, 0.25) is 0 Å². The van der Waals surface area contributed by atoms with E-state index in [0.29, 0.717) is 12.5 Å². The quantitative estimate of drug-likeness (QED) is 0.685. The minimum absolute atomic E-state index is 0.0271. The Kier molecular flexibility index (Phi) is 4.56. The number of rotatable bonds is 3. The maximum Gasteiger partial charge on any atom is 0.172 e. The molecule has 5 heteroatoms. The SMILES string of the molecule is COC1OC(COP)C(C)CC1N. The summed E-state index contributed by atoms with van der Waals surface area (Å²) in [6.07, 6.45) is 0.709. The van der Waals surface area contributed by atoms with Gasteiger partial charge < -0.3 is 19.7 Å². The summed E-state index contributed by atoms with van der Waals surface area (Å²) in [6, 6.07) is -0.0271. The molecule has 0 bridgehead atoms. The van der Waals surface area contributed by atoms with Gasteiger partial charge in [-0.25, -0.2) is 0 Å². The lowest BCUT2D eigenvalue weighted by Crippen LogP contribution is -2.49. The number of ether oxygens (including phenoxy) is 2. The van der Waals surface area contributed by atoms with Gasteiger partial charge in [0.25, 0.3) is 0 Å². The Morgan fingerprint density at radius 3 is 2.85 bits per heavy atom. The summed E-state index contributed by atoms with van der Waals surface area (Å²) in [5.41, 5.74) is 5.84. The van der Waals surface area contributed by atoms with Crippen LogP contribution in [0.4, 0.5) is 0 Å². The molecule has 1 aliphatic heterocycles. The molecule has 13 heavy (non-hydrogen) atoms. The fourth-order valence-corrected chi connectivity index (χ4v) is 1.82. The zero-order valence-electron chi connectivity index (χ0n) is 8.10. The summed E-state index contributed by atoms with van der Waals surface area (Å²) in [5, 5.41) is 0. The zero-order chi connectivity index (χ0) is 9.84. The van der Waals surface area contributed by atoms with Gasteiger partial charge in [-0.15, -0.1) is 0 Å². The van der Waals surface area contributed by atoms with Crippen molar-refractivity contribution in [3.8, 4) is 0 Å². The minimum Gasteiger partial charge on any atom is -0.363 e. The molecule has 0 radical (unpaired) electrons. The second kappa shape index (κ2) is 5.23. The van der Waals surface area contributed by atoms with E-state index < -0.39 is 0 Å². The van der Waals surface area contributed by atoms with E-state index in [9.17, 15) is 0 Å². The molecule has 0 saturated carbocycles. The minimum atomic E-state index is -0.290. The molecule has 0 aromatic rings. The van der Waals surface area contributed by atoms with Crippen LogP contribution in [0, 0.1) is 5.92 Å². The van der Waals surface area contributed by atoms with Gasteiger partial charge in [0.15, 0.2) is 6.29 Å². The molecule has 0 aromatic carbocycles. The van der Waals surface area contributed by atoms with Crippen LogP contribution in [0.25, 0.3) is 0 Å². The Bertz CT molecular complexity index is 158. The summed E-state index contributed by atoms with van der Waals surface area (Å²) in [4.78, 5) is 0. The summed E-state index contributed by atoms with van der Waals surface area (Å²) < 4.78 is 15.7. The summed E-state index contributed by atoms with van der Waals surface area (Å²) >= 11 is 0. The number of hydrogen-bond donors (Lipinski definition) is 1. The van der Waals surface area contributed by atoms with Crippen molar-refractivity contribution in [1.82, 2.24) is 0 Å². The molecule has 1 heterocycles. The van der Waals surface area contributed by atoms with E-state index in [1.54, 1.807) is 7.11 Å². The van der Waals surface area contributed by atoms with E-state index in [1.165, 1.54) is 0 Å². The molecule has 0 aromatic heterocycles. The van der Waals surface area contributed by atoms with Gasteiger partial charge in [-0.2, -0.15) is 0 Å². The highest BCUT2D eigenvalue weighted by Crippen LogP contribution is 2.24. The highest BCUT2D eigenvalue weighted by molar-refractivity contribution is 7.09. The van der Waals surface area contributed by atoms with Gasteiger partial charge in [0.2, 0.25) is 0 Å². The molecule has 0 amide bonds. The van der Waals surface area contributed by atoms with Crippen molar-refractivity contribution >= 4 is 9.47 Å². The van der Waals surface area contributed by atoms with Crippen molar-refractivity contribution < 1.29 is 14.0 Å². The Labute approximate surface area is 81.4 Å². The first kappa shape index (κ1) is 11.3. The van der Waals surface area contributed by atoms with Crippen molar-refractivity contribution in [3.63, 3.8) is 0 Å². The molecule has 5 atom stereocenters. The van der Waals surface area contributed by atoms with E-state index in [-0.39, 0.29) is 18.4 Å². The Morgan fingerprint density at radius 1 is 1.62 bits per heavy atom. The third-order valence-electron chi connectivity index (χ3n) is 2.43. The van der Waals surface area contributed by atoms with Crippen molar-refractivity contribution in [2.75, 3.05) is 13.7 Å². The molecule has 0 aliphatic carbocycles. The van der Waals surface area contributed by atoms with E-state index in [4.69, 9.17) is 19.7 Å². The maximum absolute atomic E-state index is 5.84. The van der Waals surface area contributed by atoms with Crippen LogP contribution >= 0.6 is 9.47 Å². The highest BCUT2D eigenvalue weighted by atomic mass is 31.0. The first-order valence-electron chi connectivity index (χ1n) is 4.44. The number of nitrogens with two attached hydrogens (primary N) is 1. The molecule has 5 unspecified atom stereocenters. The molecule has 1 rings (SSSR count). The van der Waals surface area contributed by atoms with Gasteiger partial charge in [-0.05, 0) is 12.3 Å². The fourth-order valence-electron chi connectivity index (χ4n) is 1.63. The Balaban J connectivity index is 2.48. The standard InChI is InChI=1S/C8H18NO3P/c1-5-3-6(9)8(10-2)12-7(5)4-11-13/h5-8H,3-4,9,13H2,1-2H3. The van der Waals surface area contributed by atoms with Gasteiger partial charge in [-0.3, -0.25) is 0 Å². The first-order valence-corrected chi connectivity index (χ1v) is 4.91. The third-order valence-corrected chi connectivity index (χ3v) is 2.62. The largest absolute Gasteiger partial charge is 0.363 e. The van der Waals surface area contributed by atoms with Gasteiger partial charge in [0.1, 0.15) is 0 Å². The van der Waals surface area contributed by atoms with Crippen molar-refractivity contribution in [2.45, 2.75) is 31.8 Å². The lowest BCUT2D eigenvalue weighted by molar-refractivity contribution is -0.209. The van der Waals surface area contributed by atoms with E-state index in [2.05, 4.69) is 16.4 Å². The normalized spacial score (nSPS) is 40.6. The molecular formula is C8H18NO3P. The molecular weight excluding hydrogens is 189 g/mol. The van der Waals surface area contributed by atoms with E-state index in [0.717, 1.165) is 6.42 Å². The number of hydrogen-bond acceptors (Lipinski definition) is 4. The van der Waals surface area contributed by atoms with Crippen LogP contribution in [0.3, 0.4) is 0 Å². The molecule has 4 nitrogen and oxygen atoms in total. The van der Waals surface area contributed by atoms with Crippen molar-refractivity contribution in [1.29, 1.82) is 0 Å². The molecule has 0 spiro atoms. The van der Waals surface area contributed by atoms with Crippen LogP contribution in [0.15, 0.2) is 0 Å². The van der Waals surface area contributed by atoms with Crippen molar-refractivity contribution in [2.24, 2.45) is 11.7 Å². The zero-order valence-corrected chi connectivity index (χ0v) is 9.26. The Morgan fingerprint density at radius 2 is 2.31 bits per heavy atom. The molecule has 1 aliphatic rings. The van der Waals surface area contributed by atoms with Crippen molar-refractivity contribution in [3.05, 3.63) is 0 Å². The average molecular weight is 207 g/mol.